The Morgan fingerprint density at radius 1 is 0.806 bits per heavy atom. The lowest BCUT2D eigenvalue weighted by Crippen LogP contribution is -2.05. The van der Waals surface area contributed by atoms with E-state index in [9.17, 15) is 4.79 Å². The molecule has 0 saturated carbocycles. The number of carbonyl (C=O) groups is 1. The normalized spacial score (nSPS) is 11.6. The standard InChI is InChI=1S/C28H22ClNO/c1-19-7-9-21(10-8-19)13-17-25-24-5-3-4-6-26(24)30-20(2)28(25)27(31)18-14-22-11-15-23(29)16-12-22/h3-18H,1-2H3/b17-13+,18-14+. The number of hydrogen-bond acceptors (Lipinski definition) is 2. The van der Waals surface area contributed by atoms with E-state index in [1.54, 1.807) is 12.2 Å². The summed E-state index contributed by atoms with van der Waals surface area (Å²) in [6.07, 6.45) is 7.47. The maximum atomic E-state index is 13.2. The minimum absolute atomic E-state index is 0.0748. The van der Waals surface area contributed by atoms with Crippen molar-refractivity contribution in [1.29, 1.82) is 0 Å². The minimum atomic E-state index is -0.0748. The first kappa shape index (κ1) is 20.8. The zero-order valence-electron chi connectivity index (χ0n) is 17.5. The Morgan fingerprint density at radius 3 is 2.19 bits per heavy atom. The van der Waals surface area contributed by atoms with Crippen molar-refractivity contribution < 1.29 is 4.79 Å². The van der Waals surface area contributed by atoms with Crippen molar-refractivity contribution in [3.05, 3.63) is 117 Å². The molecule has 1 heterocycles. The Bertz CT molecular complexity index is 1300. The first-order chi connectivity index (χ1) is 15.0. The second-order valence-corrected chi connectivity index (χ2v) is 7.93. The Morgan fingerprint density at radius 2 is 1.45 bits per heavy atom. The number of para-hydroxylation sites is 1. The van der Waals surface area contributed by atoms with Crippen molar-refractivity contribution in [2.45, 2.75) is 13.8 Å². The number of aryl methyl sites for hydroxylation is 2. The van der Waals surface area contributed by atoms with Crippen molar-refractivity contribution in [2.24, 2.45) is 0 Å². The molecule has 0 saturated heterocycles. The monoisotopic (exact) mass is 423 g/mol. The van der Waals surface area contributed by atoms with E-state index in [4.69, 9.17) is 11.6 Å². The SMILES string of the molecule is Cc1ccc(/C=C/c2c(C(=O)/C=C/c3ccc(Cl)cc3)c(C)nc3ccccc23)cc1. The van der Waals surface area contributed by atoms with Gasteiger partial charge in [-0.25, -0.2) is 0 Å². The lowest BCUT2D eigenvalue weighted by molar-refractivity contribution is 0.104. The maximum Gasteiger partial charge on any atom is 0.188 e. The van der Waals surface area contributed by atoms with E-state index in [0.717, 1.165) is 27.6 Å². The molecule has 4 aromatic rings. The summed E-state index contributed by atoms with van der Waals surface area (Å²) in [5.74, 6) is -0.0748. The molecule has 0 N–H and O–H groups in total. The minimum Gasteiger partial charge on any atom is -0.289 e. The molecule has 2 nitrogen and oxygen atoms in total. The average molecular weight is 424 g/mol. The average Bonchev–Trinajstić information content (AvgIpc) is 2.77. The van der Waals surface area contributed by atoms with Crippen molar-refractivity contribution in [1.82, 2.24) is 4.98 Å². The van der Waals surface area contributed by atoms with Gasteiger partial charge in [-0.3, -0.25) is 9.78 Å². The number of ketones is 1. The summed E-state index contributed by atoms with van der Waals surface area (Å²) in [6.45, 7) is 3.95. The topological polar surface area (TPSA) is 30.0 Å². The number of allylic oxidation sites excluding steroid dienone is 1. The third kappa shape index (κ3) is 4.82. The third-order valence-electron chi connectivity index (χ3n) is 5.18. The predicted octanol–water partition coefficient (Wildman–Crippen LogP) is 7.57. The summed E-state index contributed by atoms with van der Waals surface area (Å²) in [4.78, 5) is 17.9. The van der Waals surface area contributed by atoms with Crippen LogP contribution in [0.1, 0.15) is 38.3 Å². The Kier molecular flexibility index (Phi) is 6.11. The van der Waals surface area contributed by atoms with Crippen LogP contribution in [0.5, 0.6) is 0 Å². The summed E-state index contributed by atoms with van der Waals surface area (Å²) in [5, 5.41) is 1.63. The van der Waals surface area contributed by atoms with Crippen molar-refractivity contribution in [3.63, 3.8) is 0 Å². The van der Waals surface area contributed by atoms with Crippen LogP contribution in [0, 0.1) is 13.8 Å². The van der Waals surface area contributed by atoms with Crippen LogP contribution >= 0.6 is 11.6 Å². The van der Waals surface area contributed by atoms with E-state index in [1.165, 1.54) is 5.56 Å². The summed E-state index contributed by atoms with van der Waals surface area (Å²) < 4.78 is 0. The molecule has 0 atom stereocenters. The molecule has 1 aromatic heterocycles. The van der Waals surface area contributed by atoms with Crippen LogP contribution in [0.2, 0.25) is 5.02 Å². The molecule has 0 amide bonds. The van der Waals surface area contributed by atoms with Crippen molar-refractivity contribution >= 4 is 46.5 Å². The molecule has 0 fully saturated rings. The molecule has 0 bridgehead atoms. The maximum absolute atomic E-state index is 13.2. The zero-order chi connectivity index (χ0) is 21.8. The Labute approximate surface area is 187 Å². The number of aromatic nitrogens is 1. The summed E-state index contributed by atoms with van der Waals surface area (Å²) in [5.41, 5.74) is 6.31. The van der Waals surface area contributed by atoms with Gasteiger partial charge in [0.1, 0.15) is 0 Å². The molecule has 0 aliphatic rings. The van der Waals surface area contributed by atoms with Gasteiger partial charge in [-0.15, -0.1) is 0 Å². The highest BCUT2D eigenvalue weighted by atomic mass is 35.5. The molecule has 0 spiro atoms. The molecular weight excluding hydrogens is 402 g/mol. The number of hydrogen-bond donors (Lipinski definition) is 0. The number of pyridine rings is 1. The second-order valence-electron chi connectivity index (χ2n) is 7.50. The highest BCUT2D eigenvalue weighted by Gasteiger charge is 2.15. The molecule has 0 radical (unpaired) electrons. The van der Waals surface area contributed by atoms with E-state index in [0.29, 0.717) is 16.3 Å². The molecule has 0 aliphatic carbocycles. The first-order valence-corrected chi connectivity index (χ1v) is 10.5. The highest BCUT2D eigenvalue weighted by Crippen LogP contribution is 2.27. The van der Waals surface area contributed by atoms with Crippen LogP contribution in [0.15, 0.2) is 78.9 Å². The summed E-state index contributed by atoms with van der Waals surface area (Å²) in [7, 11) is 0. The fourth-order valence-electron chi connectivity index (χ4n) is 3.54. The second kappa shape index (κ2) is 9.11. The highest BCUT2D eigenvalue weighted by molar-refractivity contribution is 6.30. The molecule has 31 heavy (non-hydrogen) atoms. The predicted molar refractivity (Wildman–Crippen MR) is 131 cm³/mol. The van der Waals surface area contributed by atoms with Gasteiger partial charge in [-0.2, -0.15) is 0 Å². The van der Waals surface area contributed by atoms with Gasteiger partial charge in [0.2, 0.25) is 0 Å². The summed E-state index contributed by atoms with van der Waals surface area (Å²) >= 11 is 5.95. The Hall–Kier alpha value is -3.49. The number of fused-ring (bicyclic) bond motifs is 1. The van der Waals surface area contributed by atoms with E-state index >= 15 is 0 Å². The molecule has 4 rings (SSSR count). The van der Waals surface area contributed by atoms with Crippen LogP contribution in [0.3, 0.4) is 0 Å². The molecule has 152 valence electrons. The largest absolute Gasteiger partial charge is 0.289 e. The van der Waals surface area contributed by atoms with Gasteiger partial charge < -0.3 is 0 Å². The van der Waals surface area contributed by atoms with E-state index in [1.807, 2.05) is 67.6 Å². The van der Waals surface area contributed by atoms with Gasteiger partial charge in [0.25, 0.3) is 0 Å². The number of rotatable bonds is 5. The molecule has 0 aliphatic heterocycles. The van der Waals surface area contributed by atoms with E-state index in [2.05, 4.69) is 36.2 Å². The fourth-order valence-corrected chi connectivity index (χ4v) is 3.66. The lowest BCUT2D eigenvalue weighted by atomic mass is 9.96. The van der Waals surface area contributed by atoms with Gasteiger partial charge >= 0.3 is 0 Å². The van der Waals surface area contributed by atoms with Crippen LogP contribution in [0.4, 0.5) is 0 Å². The van der Waals surface area contributed by atoms with E-state index < -0.39 is 0 Å². The number of halogens is 1. The zero-order valence-corrected chi connectivity index (χ0v) is 18.2. The van der Waals surface area contributed by atoms with E-state index in [-0.39, 0.29) is 5.78 Å². The lowest BCUT2D eigenvalue weighted by Gasteiger charge is -2.11. The van der Waals surface area contributed by atoms with Crippen LogP contribution in [0.25, 0.3) is 29.1 Å². The third-order valence-corrected chi connectivity index (χ3v) is 5.43. The quantitative estimate of drug-likeness (QED) is 0.244. The summed E-state index contributed by atoms with van der Waals surface area (Å²) in [6, 6.07) is 23.6. The van der Waals surface area contributed by atoms with Gasteiger partial charge in [-0.1, -0.05) is 90.0 Å². The van der Waals surface area contributed by atoms with Crippen LogP contribution in [-0.4, -0.2) is 10.8 Å². The Balaban J connectivity index is 1.79. The van der Waals surface area contributed by atoms with Crippen LogP contribution in [-0.2, 0) is 0 Å². The van der Waals surface area contributed by atoms with Gasteiger partial charge in [0.15, 0.2) is 5.78 Å². The molecular formula is C28H22ClNO. The molecule has 3 aromatic carbocycles. The smallest absolute Gasteiger partial charge is 0.188 e. The van der Waals surface area contributed by atoms with Gasteiger partial charge in [-0.05, 0) is 54.8 Å². The van der Waals surface area contributed by atoms with Gasteiger partial charge in [0, 0.05) is 16.1 Å². The molecule has 3 heteroatoms. The van der Waals surface area contributed by atoms with Crippen LogP contribution < -0.4 is 0 Å². The number of benzene rings is 3. The molecule has 0 unspecified atom stereocenters. The fraction of sp³-hybridized carbons (Fsp3) is 0.0714. The first-order valence-electron chi connectivity index (χ1n) is 10.1. The van der Waals surface area contributed by atoms with Gasteiger partial charge in [0.05, 0.1) is 11.1 Å². The number of carbonyl (C=O) groups excluding carboxylic acids is 1. The van der Waals surface area contributed by atoms with Crippen molar-refractivity contribution in [2.75, 3.05) is 0 Å². The number of nitrogens with zero attached hydrogens (tertiary/aromatic N) is 1. The van der Waals surface area contributed by atoms with Crippen molar-refractivity contribution in [3.8, 4) is 0 Å².